The maximum Gasteiger partial charge on any atom is 0.303 e. The SMILES string of the molecule is CC(CCCCc1ccc2c(n1)CCCC2)CC(=O)O. The average Bonchev–Trinajstić information content (AvgIpc) is 2.43. The monoisotopic (exact) mass is 275 g/mol. The lowest BCUT2D eigenvalue weighted by Crippen LogP contribution is -2.07. The molecule has 1 aliphatic carbocycles. The van der Waals surface area contributed by atoms with Crippen molar-refractivity contribution in [1.29, 1.82) is 0 Å². The van der Waals surface area contributed by atoms with Crippen LogP contribution in [0, 0.1) is 5.92 Å². The Bertz CT molecular complexity index is 456. The number of carboxylic acid groups (broad SMARTS) is 1. The number of hydrogen-bond donors (Lipinski definition) is 1. The molecule has 1 unspecified atom stereocenters. The highest BCUT2D eigenvalue weighted by Gasteiger charge is 2.11. The molecule has 0 saturated carbocycles. The maximum absolute atomic E-state index is 10.6. The summed E-state index contributed by atoms with van der Waals surface area (Å²) in [6, 6.07) is 4.43. The average molecular weight is 275 g/mol. The molecule has 1 heterocycles. The van der Waals surface area contributed by atoms with Crippen molar-refractivity contribution in [3.63, 3.8) is 0 Å². The van der Waals surface area contributed by atoms with Gasteiger partial charge in [0.25, 0.3) is 0 Å². The van der Waals surface area contributed by atoms with Gasteiger partial charge in [-0.3, -0.25) is 9.78 Å². The molecule has 0 fully saturated rings. The normalized spacial score (nSPS) is 15.7. The number of aliphatic carboxylic acids is 1. The lowest BCUT2D eigenvalue weighted by molar-refractivity contribution is -0.138. The van der Waals surface area contributed by atoms with Crippen LogP contribution in [0.5, 0.6) is 0 Å². The van der Waals surface area contributed by atoms with Crippen molar-refractivity contribution >= 4 is 5.97 Å². The predicted molar refractivity (Wildman–Crippen MR) is 79.9 cm³/mol. The summed E-state index contributed by atoms with van der Waals surface area (Å²) >= 11 is 0. The number of unbranched alkanes of at least 4 members (excludes halogenated alkanes) is 1. The minimum atomic E-state index is -0.686. The van der Waals surface area contributed by atoms with Gasteiger partial charge in [-0.1, -0.05) is 25.8 Å². The van der Waals surface area contributed by atoms with Crippen LogP contribution in [0.15, 0.2) is 12.1 Å². The van der Waals surface area contributed by atoms with E-state index in [4.69, 9.17) is 10.1 Å². The first-order valence-electron chi connectivity index (χ1n) is 7.84. The number of aryl methyl sites for hydroxylation is 3. The second-order valence-electron chi connectivity index (χ2n) is 6.06. The highest BCUT2D eigenvalue weighted by atomic mass is 16.4. The number of aromatic nitrogens is 1. The third-order valence-corrected chi connectivity index (χ3v) is 4.14. The smallest absolute Gasteiger partial charge is 0.303 e. The van der Waals surface area contributed by atoms with E-state index in [1.54, 1.807) is 0 Å². The zero-order valence-corrected chi connectivity index (χ0v) is 12.4. The van der Waals surface area contributed by atoms with E-state index in [0.717, 1.165) is 32.1 Å². The molecule has 2 rings (SSSR count). The number of hydrogen-bond acceptors (Lipinski definition) is 2. The zero-order valence-electron chi connectivity index (χ0n) is 12.4. The Kier molecular flexibility index (Phi) is 5.57. The van der Waals surface area contributed by atoms with Gasteiger partial charge in [-0.05, 0) is 56.1 Å². The molecule has 1 atom stereocenters. The third kappa shape index (κ3) is 4.62. The van der Waals surface area contributed by atoms with E-state index in [2.05, 4.69) is 12.1 Å². The maximum atomic E-state index is 10.6. The first kappa shape index (κ1) is 15.0. The van der Waals surface area contributed by atoms with Gasteiger partial charge in [0, 0.05) is 17.8 Å². The number of nitrogens with zero attached hydrogens (tertiary/aromatic N) is 1. The van der Waals surface area contributed by atoms with Gasteiger partial charge in [0.15, 0.2) is 0 Å². The van der Waals surface area contributed by atoms with Crippen molar-refractivity contribution in [3.05, 3.63) is 29.1 Å². The fourth-order valence-electron chi connectivity index (χ4n) is 2.97. The van der Waals surface area contributed by atoms with Crippen molar-refractivity contribution in [2.75, 3.05) is 0 Å². The quantitative estimate of drug-likeness (QED) is 0.770. The van der Waals surface area contributed by atoms with E-state index in [9.17, 15) is 4.79 Å². The Balaban J connectivity index is 1.73. The van der Waals surface area contributed by atoms with Crippen molar-refractivity contribution in [2.45, 2.75) is 64.7 Å². The molecule has 1 aromatic rings. The molecule has 0 saturated heterocycles. The van der Waals surface area contributed by atoms with E-state index in [0.29, 0.717) is 0 Å². The second-order valence-corrected chi connectivity index (χ2v) is 6.06. The van der Waals surface area contributed by atoms with Gasteiger partial charge in [-0.15, -0.1) is 0 Å². The molecular weight excluding hydrogens is 250 g/mol. The molecule has 110 valence electrons. The molecule has 3 nitrogen and oxygen atoms in total. The number of rotatable bonds is 7. The summed E-state index contributed by atoms with van der Waals surface area (Å²) < 4.78 is 0. The molecule has 1 aromatic heterocycles. The van der Waals surface area contributed by atoms with Crippen molar-refractivity contribution in [2.24, 2.45) is 5.92 Å². The molecule has 1 N–H and O–H groups in total. The van der Waals surface area contributed by atoms with Crippen LogP contribution >= 0.6 is 0 Å². The van der Waals surface area contributed by atoms with E-state index < -0.39 is 5.97 Å². The van der Waals surface area contributed by atoms with Crippen LogP contribution < -0.4 is 0 Å². The van der Waals surface area contributed by atoms with Crippen molar-refractivity contribution in [3.8, 4) is 0 Å². The summed E-state index contributed by atoms with van der Waals surface area (Å²) in [6.45, 7) is 2.02. The molecule has 1 aliphatic rings. The summed E-state index contributed by atoms with van der Waals surface area (Å²) in [5, 5.41) is 8.72. The molecule has 20 heavy (non-hydrogen) atoms. The van der Waals surface area contributed by atoms with Crippen LogP contribution in [-0.2, 0) is 24.1 Å². The number of pyridine rings is 1. The molecule has 0 aliphatic heterocycles. The zero-order chi connectivity index (χ0) is 14.4. The molecule has 0 spiro atoms. The number of carboxylic acids is 1. The van der Waals surface area contributed by atoms with Crippen molar-refractivity contribution in [1.82, 2.24) is 4.98 Å². The minimum Gasteiger partial charge on any atom is -0.481 e. The predicted octanol–water partition coefficient (Wildman–Crippen LogP) is 3.78. The first-order chi connectivity index (χ1) is 9.65. The van der Waals surface area contributed by atoms with Crippen LogP contribution in [-0.4, -0.2) is 16.1 Å². The van der Waals surface area contributed by atoms with Crippen LogP contribution in [0.1, 0.15) is 62.4 Å². The van der Waals surface area contributed by atoms with Gasteiger partial charge >= 0.3 is 5.97 Å². The fourth-order valence-corrected chi connectivity index (χ4v) is 2.97. The Morgan fingerprint density at radius 2 is 2.10 bits per heavy atom. The van der Waals surface area contributed by atoms with Gasteiger partial charge in [0.05, 0.1) is 0 Å². The van der Waals surface area contributed by atoms with Gasteiger partial charge in [0.1, 0.15) is 0 Å². The topological polar surface area (TPSA) is 50.2 Å². The van der Waals surface area contributed by atoms with Gasteiger partial charge in [0.2, 0.25) is 0 Å². The highest BCUT2D eigenvalue weighted by molar-refractivity contribution is 5.66. The van der Waals surface area contributed by atoms with E-state index in [1.807, 2.05) is 6.92 Å². The van der Waals surface area contributed by atoms with Gasteiger partial charge in [-0.25, -0.2) is 0 Å². The van der Waals surface area contributed by atoms with E-state index >= 15 is 0 Å². The largest absolute Gasteiger partial charge is 0.481 e. The standard InChI is InChI=1S/C17H25NO2/c1-13(12-17(19)20)6-2-4-8-15-11-10-14-7-3-5-9-16(14)18-15/h10-11,13H,2-9,12H2,1H3,(H,19,20). The summed E-state index contributed by atoms with van der Waals surface area (Å²) in [6.07, 6.45) is 9.41. The Hall–Kier alpha value is -1.38. The first-order valence-corrected chi connectivity index (χ1v) is 7.84. The van der Waals surface area contributed by atoms with Gasteiger partial charge in [-0.2, -0.15) is 0 Å². The Morgan fingerprint density at radius 3 is 2.90 bits per heavy atom. The fraction of sp³-hybridized carbons (Fsp3) is 0.647. The lowest BCUT2D eigenvalue weighted by atomic mass is 9.95. The lowest BCUT2D eigenvalue weighted by Gasteiger charge is -2.15. The van der Waals surface area contributed by atoms with Crippen LogP contribution in [0.2, 0.25) is 0 Å². The molecule has 0 amide bonds. The molecule has 0 bridgehead atoms. The van der Waals surface area contributed by atoms with Crippen molar-refractivity contribution < 1.29 is 9.90 Å². The number of carbonyl (C=O) groups is 1. The Morgan fingerprint density at radius 1 is 1.30 bits per heavy atom. The Labute approximate surface area is 121 Å². The second kappa shape index (κ2) is 7.41. The van der Waals surface area contributed by atoms with E-state index in [1.165, 1.54) is 36.2 Å². The van der Waals surface area contributed by atoms with Gasteiger partial charge < -0.3 is 5.11 Å². The van der Waals surface area contributed by atoms with E-state index in [-0.39, 0.29) is 12.3 Å². The molecular formula is C17H25NO2. The highest BCUT2D eigenvalue weighted by Crippen LogP contribution is 2.20. The van der Waals surface area contributed by atoms with Crippen LogP contribution in [0.4, 0.5) is 0 Å². The summed E-state index contributed by atoms with van der Waals surface area (Å²) in [5.74, 6) is -0.405. The summed E-state index contributed by atoms with van der Waals surface area (Å²) in [7, 11) is 0. The van der Waals surface area contributed by atoms with Crippen LogP contribution in [0.3, 0.4) is 0 Å². The molecule has 0 aromatic carbocycles. The number of fused-ring (bicyclic) bond motifs is 1. The summed E-state index contributed by atoms with van der Waals surface area (Å²) in [5.41, 5.74) is 3.96. The minimum absolute atomic E-state index is 0.281. The summed E-state index contributed by atoms with van der Waals surface area (Å²) in [4.78, 5) is 15.4. The molecule has 0 radical (unpaired) electrons. The third-order valence-electron chi connectivity index (χ3n) is 4.14. The molecule has 3 heteroatoms. The van der Waals surface area contributed by atoms with Crippen LogP contribution in [0.25, 0.3) is 0 Å².